The highest BCUT2D eigenvalue weighted by Gasteiger charge is 2.39. The van der Waals surface area contributed by atoms with E-state index < -0.39 is 0 Å². The molecule has 0 saturated heterocycles. The van der Waals surface area contributed by atoms with Gasteiger partial charge in [0.2, 0.25) is 5.91 Å². The van der Waals surface area contributed by atoms with Crippen LogP contribution in [0.5, 0.6) is 0 Å². The molecule has 0 radical (unpaired) electrons. The molecule has 20 heavy (non-hydrogen) atoms. The van der Waals surface area contributed by atoms with Gasteiger partial charge in [-0.15, -0.1) is 0 Å². The monoisotopic (exact) mass is 276 g/mol. The van der Waals surface area contributed by atoms with Gasteiger partial charge in [0, 0.05) is 12.0 Å². The first-order valence-electron chi connectivity index (χ1n) is 7.82. The SMILES string of the molecule is NCC1CCCCC1C(=O)N(Cc1ccco1)C1CC1. The summed E-state index contributed by atoms with van der Waals surface area (Å²) >= 11 is 0. The number of nitrogens with two attached hydrogens (primary N) is 1. The van der Waals surface area contributed by atoms with E-state index in [1.807, 2.05) is 17.0 Å². The third kappa shape index (κ3) is 2.90. The molecule has 2 unspecified atom stereocenters. The topological polar surface area (TPSA) is 59.5 Å². The highest BCUT2D eigenvalue weighted by atomic mass is 16.3. The Morgan fingerprint density at radius 1 is 1.30 bits per heavy atom. The van der Waals surface area contributed by atoms with Crippen molar-refractivity contribution in [3.8, 4) is 0 Å². The van der Waals surface area contributed by atoms with Gasteiger partial charge in [0.05, 0.1) is 12.8 Å². The van der Waals surface area contributed by atoms with Crippen LogP contribution in [0, 0.1) is 11.8 Å². The minimum absolute atomic E-state index is 0.129. The van der Waals surface area contributed by atoms with E-state index in [2.05, 4.69) is 0 Å². The molecule has 0 spiro atoms. The van der Waals surface area contributed by atoms with E-state index in [1.165, 1.54) is 6.42 Å². The largest absolute Gasteiger partial charge is 0.467 e. The Hall–Kier alpha value is -1.29. The van der Waals surface area contributed by atoms with Crippen molar-refractivity contribution >= 4 is 5.91 Å². The van der Waals surface area contributed by atoms with Crippen molar-refractivity contribution in [2.45, 2.75) is 51.1 Å². The van der Waals surface area contributed by atoms with Gasteiger partial charge < -0.3 is 15.1 Å². The minimum Gasteiger partial charge on any atom is -0.467 e. The molecule has 2 N–H and O–H groups in total. The zero-order valence-corrected chi connectivity index (χ0v) is 12.0. The van der Waals surface area contributed by atoms with Crippen molar-refractivity contribution in [1.82, 2.24) is 4.90 Å². The van der Waals surface area contributed by atoms with Crippen LogP contribution in [0.2, 0.25) is 0 Å². The summed E-state index contributed by atoms with van der Waals surface area (Å²) in [6.07, 6.45) is 8.42. The van der Waals surface area contributed by atoms with Crippen molar-refractivity contribution in [3.05, 3.63) is 24.2 Å². The number of carbonyl (C=O) groups excluding carboxylic acids is 1. The molecule has 3 rings (SSSR count). The number of carbonyl (C=O) groups is 1. The quantitative estimate of drug-likeness (QED) is 0.899. The molecule has 110 valence electrons. The first-order valence-corrected chi connectivity index (χ1v) is 7.82. The van der Waals surface area contributed by atoms with E-state index in [4.69, 9.17) is 10.2 Å². The van der Waals surface area contributed by atoms with Crippen LogP contribution in [0.1, 0.15) is 44.3 Å². The highest BCUT2D eigenvalue weighted by Crippen LogP contribution is 2.35. The Kier molecular flexibility index (Phi) is 4.10. The number of hydrogen-bond acceptors (Lipinski definition) is 3. The average Bonchev–Trinajstić information content (AvgIpc) is 3.20. The molecule has 1 heterocycles. The molecular formula is C16H24N2O2. The van der Waals surface area contributed by atoms with Crippen molar-refractivity contribution < 1.29 is 9.21 Å². The lowest BCUT2D eigenvalue weighted by atomic mass is 9.78. The molecule has 2 aliphatic rings. The molecule has 4 heteroatoms. The van der Waals surface area contributed by atoms with E-state index >= 15 is 0 Å². The number of furan rings is 1. The second kappa shape index (κ2) is 6.00. The van der Waals surface area contributed by atoms with Gasteiger partial charge in [0.25, 0.3) is 0 Å². The summed E-state index contributed by atoms with van der Waals surface area (Å²) in [6.45, 7) is 1.25. The lowest BCUT2D eigenvalue weighted by Crippen LogP contribution is -2.43. The molecule has 1 aromatic heterocycles. The number of amides is 1. The number of hydrogen-bond donors (Lipinski definition) is 1. The van der Waals surface area contributed by atoms with Crippen LogP contribution in [-0.4, -0.2) is 23.4 Å². The van der Waals surface area contributed by atoms with Crippen molar-refractivity contribution in [3.63, 3.8) is 0 Å². The molecule has 0 bridgehead atoms. The molecule has 4 nitrogen and oxygen atoms in total. The summed E-state index contributed by atoms with van der Waals surface area (Å²) < 4.78 is 5.41. The van der Waals surface area contributed by atoms with E-state index in [-0.39, 0.29) is 5.92 Å². The summed E-state index contributed by atoms with van der Waals surface area (Å²) in [5.74, 6) is 1.68. The third-order valence-corrected chi connectivity index (χ3v) is 4.71. The van der Waals surface area contributed by atoms with Crippen LogP contribution in [0.3, 0.4) is 0 Å². The number of nitrogens with zero attached hydrogens (tertiary/aromatic N) is 1. The van der Waals surface area contributed by atoms with Gasteiger partial charge in [0.1, 0.15) is 5.76 Å². The molecule has 2 atom stereocenters. The summed E-state index contributed by atoms with van der Waals surface area (Å²) in [7, 11) is 0. The van der Waals surface area contributed by atoms with E-state index in [9.17, 15) is 4.79 Å². The second-order valence-electron chi connectivity index (χ2n) is 6.16. The summed E-state index contributed by atoms with van der Waals surface area (Å²) in [4.78, 5) is 14.9. The van der Waals surface area contributed by atoms with Crippen LogP contribution in [-0.2, 0) is 11.3 Å². The normalized spacial score (nSPS) is 26.4. The fourth-order valence-corrected chi connectivity index (χ4v) is 3.37. The molecular weight excluding hydrogens is 252 g/mol. The first kappa shape index (κ1) is 13.7. The second-order valence-corrected chi connectivity index (χ2v) is 6.16. The molecule has 2 saturated carbocycles. The Morgan fingerprint density at radius 3 is 2.75 bits per heavy atom. The van der Waals surface area contributed by atoms with Gasteiger partial charge in [0.15, 0.2) is 0 Å². The Morgan fingerprint density at radius 2 is 2.10 bits per heavy atom. The van der Waals surface area contributed by atoms with Crippen molar-refractivity contribution in [1.29, 1.82) is 0 Å². The zero-order chi connectivity index (χ0) is 13.9. The summed E-state index contributed by atoms with van der Waals surface area (Å²) in [6, 6.07) is 4.26. The first-order chi connectivity index (χ1) is 9.79. The number of rotatable bonds is 5. The standard InChI is InChI=1S/C16H24N2O2/c17-10-12-4-1-2-6-15(12)16(19)18(13-7-8-13)11-14-5-3-9-20-14/h3,5,9,12-13,15H,1-2,4,6-8,10-11,17H2. The zero-order valence-electron chi connectivity index (χ0n) is 12.0. The maximum absolute atomic E-state index is 12.9. The Bertz CT molecular complexity index is 439. The smallest absolute Gasteiger partial charge is 0.226 e. The van der Waals surface area contributed by atoms with Gasteiger partial charge in [-0.3, -0.25) is 4.79 Å². The van der Waals surface area contributed by atoms with E-state index in [0.29, 0.717) is 31.0 Å². The van der Waals surface area contributed by atoms with Gasteiger partial charge >= 0.3 is 0 Å². The maximum Gasteiger partial charge on any atom is 0.226 e. The fraction of sp³-hybridized carbons (Fsp3) is 0.688. The van der Waals surface area contributed by atoms with Crippen molar-refractivity contribution in [2.24, 2.45) is 17.6 Å². The minimum atomic E-state index is 0.129. The van der Waals surface area contributed by atoms with Gasteiger partial charge in [-0.25, -0.2) is 0 Å². The van der Waals surface area contributed by atoms with Crippen LogP contribution >= 0.6 is 0 Å². The van der Waals surface area contributed by atoms with E-state index in [0.717, 1.165) is 37.9 Å². The fourth-order valence-electron chi connectivity index (χ4n) is 3.37. The maximum atomic E-state index is 12.9. The van der Waals surface area contributed by atoms with Crippen LogP contribution in [0.15, 0.2) is 22.8 Å². The van der Waals surface area contributed by atoms with Crippen LogP contribution in [0.25, 0.3) is 0 Å². The average molecular weight is 276 g/mol. The predicted molar refractivity (Wildman–Crippen MR) is 76.8 cm³/mol. The van der Waals surface area contributed by atoms with Gasteiger partial charge in [-0.2, -0.15) is 0 Å². The molecule has 1 amide bonds. The van der Waals surface area contributed by atoms with Crippen LogP contribution < -0.4 is 5.73 Å². The Balaban J connectivity index is 1.71. The lowest BCUT2D eigenvalue weighted by Gasteiger charge is -2.34. The summed E-state index contributed by atoms with van der Waals surface area (Å²) in [5.41, 5.74) is 5.87. The molecule has 1 aromatic rings. The Labute approximate surface area is 120 Å². The molecule has 0 aliphatic heterocycles. The highest BCUT2D eigenvalue weighted by molar-refractivity contribution is 5.80. The molecule has 2 fully saturated rings. The predicted octanol–water partition coefficient (Wildman–Crippen LogP) is 2.54. The van der Waals surface area contributed by atoms with Gasteiger partial charge in [-0.05, 0) is 50.3 Å². The summed E-state index contributed by atoms with van der Waals surface area (Å²) in [5, 5.41) is 0. The van der Waals surface area contributed by atoms with Crippen molar-refractivity contribution in [2.75, 3.05) is 6.54 Å². The van der Waals surface area contributed by atoms with Crippen LogP contribution in [0.4, 0.5) is 0 Å². The molecule has 0 aromatic carbocycles. The van der Waals surface area contributed by atoms with Gasteiger partial charge in [-0.1, -0.05) is 12.8 Å². The third-order valence-electron chi connectivity index (χ3n) is 4.71. The lowest BCUT2D eigenvalue weighted by molar-refractivity contribution is -0.140. The van der Waals surface area contributed by atoms with E-state index in [1.54, 1.807) is 6.26 Å². The molecule has 2 aliphatic carbocycles.